The highest BCUT2D eigenvalue weighted by atomic mass is 35.5. The molecular weight excluding hydrogens is 298 g/mol. The van der Waals surface area contributed by atoms with Crippen LogP contribution in [0.2, 0.25) is 5.02 Å². The van der Waals surface area contributed by atoms with Gasteiger partial charge in [-0.2, -0.15) is 0 Å². The molecule has 2 aliphatic carbocycles. The van der Waals surface area contributed by atoms with Gasteiger partial charge in [0.1, 0.15) is 0 Å². The zero-order valence-electron chi connectivity index (χ0n) is 13.0. The number of carbonyl (C=O) groups is 1. The molecule has 0 bridgehead atoms. The first-order chi connectivity index (χ1) is 10.6. The minimum atomic E-state index is 0.141. The number of benzene rings is 1. The number of carbonyl (C=O) groups excluding carboxylic acids is 1. The third-order valence-corrected chi connectivity index (χ3v) is 5.63. The topological polar surface area (TPSA) is 40.5 Å². The van der Waals surface area contributed by atoms with Crippen LogP contribution in [0, 0.1) is 11.8 Å². The predicted octanol–water partition coefficient (Wildman–Crippen LogP) is 3.45. The van der Waals surface area contributed by atoms with E-state index >= 15 is 0 Å². The van der Waals surface area contributed by atoms with Crippen molar-refractivity contribution >= 4 is 17.5 Å². The van der Waals surface area contributed by atoms with Crippen LogP contribution in [0.25, 0.3) is 0 Å². The Balaban J connectivity index is 1.55. The van der Waals surface area contributed by atoms with Crippen LogP contribution >= 0.6 is 11.6 Å². The van der Waals surface area contributed by atoms with Crippen LogP contribution in [-0.2, 0) is 4.79 Å². The lowest BCUT2D eigenvalue weighted by atomic mass is 9.86. The molecule has 0 spiro atoms. The molecule has 2 fully saturated rings. The van der Waals surface area contributed by atoms with Crippen molar-refractivity contribution in [2.75, 3.05) is 13.7 Å². The monoisotopic (exact) mass is 321 g/mol. The van der Waals surface area contributed by atoms with Gasteiger partial charge in [0.15, 0.2) is 0 Å². The largest absolute Gasteiger partial charge is 0.396 e. The van der Waals surface area contributed by atoms with Crippen molar-refractivity contribution in [3.63, 3.8) is 0 Å². The molecule has 2 unspecified atom stereocenters. The number of nitrogens with zero attached hydrogens (tertiary/aromatic N) is 1. The van der Waals surface area contributed by atoms with E-state index in [1.807, 2.05) is 36.2 Å². The minimum absolute atomic E-state index is 0.141. The first kappa shape index (κ1) is 15.8. The van der Waals surface area contributed by atoms with Gasteiger partial charge in [0.2, 0.25) is 5.91 Å². The van der Waals surface area contributed by atoms with Gasteiger partial charge in [-0.3, -0.25) is 4.79 Å². The molecule has 0 heterocycles. The number of halogens is 1. The molecule has 1 N–H and O–H groups in total. The van der Waals surface area contributed by atoms with Gasteiger partial charge in [0.05, 0.1) is 0 Å². The van der Waals surface area contributed by atoms with Gasteiger partial charge in [-0.1, -0.05) is 23.7 Å². The highest BCUT2D eigenvalue weighted by Crippen LogP contribution is 2.49. The SMILES string of the molecule is CN(C(=O)C1CC1c1ccc(Cl)cc1)C1CCC(CO)CC1. The van der Waals surface area contributed by atoms with E-state index < -0.39 is 0 Å². The molecule has 120 valence electrons. The fourth-order valence-corrected chi connectivity index (χ4v) is 3.83. The molecular formula is C18H24ClNO2. The van der Waals surface area contributed by atoms with Crippen LogP contribution in [0.15, 0.2) is 24.3 Å². The zero-order valence-corrected chi connectivity index (χ0v) is 13.8. The number of aliphatic hydroxyl groups is 1. The average Bonchev–Trinajstić information content (AvgIpc) is 3.35. The highest BCUT2D eigenvalue weighted by molar-refractivity contribution is 6.30. The highest BCUT2D eigenvalue weighted by Gasteiger charge is 2.46. The van der Waals surface area contributed by atoms with Crippen LogP contribution < -0.4 is 0 Å². The van der Waals surface area contributed by atoms with Gasteiger partial charge in [0.25, 0.3) is 0 Å². The summed E-state index contributed by atoms with van der Waals surface area (Å²) >= 11 is 5.92. The van der Waals surface area contributed by atoms with Crippen molar-refractivity contribution in [1.82, 2.24) is 4.90 Å². The van der Waals surface area contributed by atoms with E-state index in [0.29, 0.717) is 17.9 Å². The normalized spacial score (nSPS) is 30.9. The van der Waals surface area contributed by atoms with Crippen molar-refractivity contribution in [3.05, 3.63) is 34.9 Å². The van der Waals surface area contributed by atoms with E-state index in [-0.39, 0.29) is 18.4 Å². The number of amides is 1. The molecule has 0 radical (unpaired) electrons. The van der Waals surface area contributed by atoms with E-state index in [9.17, 15) is 9.90 Å². The quantitative estimate of drug-likeness (QED) is 0.922. The Morgan fingerprint density at radius 3 is 2.45 bits per heavy atom. The van der Waals surface area contributed by atoms with Crippen LogP contribution in [0.3, 0.4) is 0 Å². The lowest BCUT2D eigenvalue weighted by Crippen LogP contribution is -2.40. The molecule has 0 aromatic heterocycles. The maximum Gasteiger partial charge on any atom is 0.226 e. The summed E-state index contributed by atoms with van der Waals surface area (Å²) in [5.41, 5.74) is 1.22. The van der Waals surface area contributed by atoms with Crippen LogP contribution in [0.1, 0.15) is 43.6 Å². The molecule has 4 heteroatoms. The summed E-state index contributed by atoms with van der Waals surface area (Å²) in [4.78, 5) is 14.6. The van der Waals surface area contributed by atoms with Crippen LogP contribution in [0.4, 0.5) is 0 Å². The molecule has 22 heavy (non-hydrogen) atoms. The smallest absolute Gasteiger partial charge is 0.226 e. The second-order valence-corrected chi connectivity index (χ2v) is 7.24. The van der Waals surface area contributed by atoms with Crippen molar-refractivity contribution < 1.29 is 9.90 Å². The molecule has 0 aliphatic heterocycles. The third-order valence-electron chi connectivity index (χ3n) is 5.38. The molecule has 1 amide bonds. The standard InChI is InChI=1S/C18H24ClNO2/c1-20(15-8-2-12(11-21)3-9-15)18(22)17-10-16(17)13-4-6-14(19)7-5-13/h4-7,12,15-17,21H,2-3,8-11H2,1H3. The van der Waals surface area contributed by atoms with Crippen molar-refractivity contribution in [1.29, 1.82) is 0 Å². The summed E-state index contributed by atoms with van der Waals surface area (Å²) in [5.74, 6) is 1.22. The Morgan fingerprint density at radius 2 is 1.86 bits per heavy atom. The first-order valence-corrected chi connectivity index (χ1v) is 8.61. The van der Waals surface area contributed by atoms with Gasteiger partial charge in [-0.25, -0.2) is 0 Å². The van der Waals surface area contributed by atoms with Crippen LogP contribution in [0.5, 0.6) is 0 Å². The second-order valence-electron chi connectivity index (χ2n) is 6.81. The number of aliphatic hydroxyl groups excluding tert-OH is 1. The van der Waals surface area contributed by atoms with Gasteiger partial charge in [-0.05, 0) is 61.6 Å². The Labute approximate surface area is 137 Å². The van der Waals surface area contributed by atoms with E-state index in [0.717, 1.165) is 37.1 Å². The Morgan fingerprint density at radius 1 is 1.23 bits per heavy atom. The number of hydrogen-bond donors (Lipinski definition) is 1. The Bertz CT molecular complexity index is 522. The fourth-order valence-electron chi connectivity index (χ4n) is 3.70. The van der Waals surface area contributed by atoms with Crippen molar-refractivity contribution in [3.8, 4) is 0 Å². The van der Waals surface area contributed by atoms with Gasteiger partial charge >= 0.3 is 0 Å². The maximum absolute atomic E-state index is 12.7. The number of hydrogen-bond acceptors (Lipinski definition) is 2. The molecule has 3 rings (SSSR count). The van der Waals surface area contributed by atoms with E-state index in [1.54, 1.807) is 0 Å². The minimum Gasteiger partial charge on any atom is -0.396 e. The van der Waals surface area contributed by atoms with Crippen LogP contribution in [-0.4, -0.2) is 35.6 Å². The van der Waals surface area contributed by atoms with Gasteiger partial charge in [0, 0.05) is 30.6 Å². The van der Waals surface area contributed by atoms with E-state index in [1.165, 1.54) is 5.56 Å². The number of rotatable bonds is 4. The van der Waals surface area contributed by atoms with E-state index in [2.05, 4.69) is 0 Å². The summed E-state index contributed by atoms with van der Waals surface area (Å²) in [6.07, 6.45) is 5.06. The van der Waals surface area contributed by atoms with Crippen molar-refractivity contribution in [2.24, 2.45) is 11.8 Å². The Kier molecular flexibility index (Phi) is 4.74. The zero-order chi connectivity index (χ0) is 15.7. The molecule has 3 nitrogen and oxygen atoms in total. The molecule has 2 saturated carbocycles. The molecule has 1 aromatic rings. The molecule has 2 atom stereocenters. The Hall–Kier alpha value is -1.06. The predicted molar refractivity (Wildman–Crippen MR) is 87.9 cm³/mol. The summed E-state index contributed by atoms with van der Waals surface area (Å²) < 4.78 is 0. The van der Waals surface area contributed by atoms with Gasteiger partial charge < -0.3 is 10.0 Å². The summed E-state index contributed by atoms with van der Waals surface area (Å²) in [6.45, 7) is 0.283. The third kappa shape index (κ3) is 3.31. The summed E-state index contributed by atoms with van der Waals surface area (Å²) in [6, 6.07) is 8.22. The lowest BCUT2D eigenvalue weighted by molar-refractivity contribution is -0.134. The first-order valence-electron chi connectivity index (χ1n) is 8.23. The molecule has 0 saturated heterocycles. The molecule has 1 aromatic carbocycles. The second kappa shape index (κ2) is 6.59. The van der Waals surface area contributed by atoms with E-state index in [4.69, 9.17) is 11.6 Å². The summed E-state index contributed by atoms with van der Waals surface area (Å²) in [5, 5.41) is 9.95. The summed E-state index contributed by atoms with van der Waals surface area (Å²) in [7, 11) is 1.95. The average molecular weight is 322 g/mol. The fraction of sp³-hybridized carbons (Fsp3) is 0.611. The van der Waals surface area contributed by atoms with Gasteiger partial charge in [-0.15, -0.1) is 0 Å². The lowest BCUT2D eigenvalue weighted by Gasteiger charge is -2.34. The van der Waals surface area contributed by atoms with Crippen molar-refractivity contribution in [2.45, 2.75) is 44.1 Å². The molecule has 2 aliphatic rings. The maximum atomic E-state index is 12.7.